The van der Waals surface area contributed by atoms with E-state index in [1.54, 1.807) is 22.9 Å². The second-order valence-corrected chi connectivity index (χ2v) is 8.75. The maximum Gasteiger partial charge on any atom is 0.251 e. The van der Waals surface area contributed by atoms with Crippen molar-refractivity contribution in [2.24, 2.45) is 7.05 Å². The minimum atomic E-state index is -0.331. The number of benzene rings is 1. The summed E-state index contributed by atoms with van der Waals surface area (Å²) in [5.74, 6) is 0.473. The Morgan fingerprint density at radius 3 is 2.59 bits per heavy atom. The number of rotatable bonds is 7. The first kappa shape index (κ1) is 21.0. The number of carbonyl (C=O) groups excluding carboxylic acids is 2. The third kappa shape index (κ3) is 5.42. The van der Waals surface area contributed by atoms with E-state index in [1.165, 1.54) is 23.1 Å². The minimum absolute atomic E-state index is 0.158. The average molecular weight is 431 g/mol. The smallest absolute Gasteiger partial charge is 0.251 e. The highest BCUT2D eigenvalue weighted by Gasteiger charge is 2.19. The summed E-state index contributed by atoms with van der Waals surface area (Å²) in [7, 11) is 1.81. The van der Waals surface area contributed by atoms with Crippen molar-refractivity contribution in [1.29, 1.82) is 0 Å². The van der Waals surface area contributed by atoms with Crippen molar-refractivity contribution in [3.05, 3.63) is 52.3 Å². The van der Waals surface area contributed by atoms with E-state index in [0.717, 1.165) is 10.4 Å². The van der Waals surface area contributed by atoms with Crippen LogP contribution in [0.3, 0.4) is 0 Å². The molecule has 152 valence electrons. The molecule has 3 rings (SSSR count). The number of thioether (sulfide) groups is 1. The van der Waals surface area contributed by atoms with E-state index in [-0.39, 0.29) is 23.6 Å². The number of carbonyl (C=O) groups is 2. The Morgan fingerprint density at radius 1 is 1.21 bits per heavy atom. The Balaban J connectivity index is 1.57. The lowest BCUT2D eigenvalue weighted by Gasteiger charge is -2.13. The molecule has 29 heavy (non-hydrogen) atoms. The second kappa shape index (κ2) is 9.19. The van der Waals surface area contributed by atoms with Gasteiger partial charge in [0.2, 0.25) is 5.91 Å². The molecule has 0 radical (unpaired) electrons. The molecule has 10 heteroatoms. The Morgan fingerprint density at radius 2 is 1.93 bits per heavy atom. The molecule has 2 heterocycles. The number of hydrogen-bond donors (Lipinski definition) is 2. The number of aryl methyl sites for hydroxylation is 2. The molecule has 2 N–H and O–H groups in total. The summed E-state index contributed by atoms with van der Waals surface area (Å²) in [6.45, 7) is 5.76. The van der Waals surface area contributed by atoms with Crippen LogP contribution in [0.15, 0.2) is 35.6 Å². The number of nitrogens with one attached hydrogen (secondary N) is 2. The second-order valence-electron chi connectivity index (χ2n) is 6.57. The Kier molecular flexibility index (Phi) is 6.65. The molecule has 0 aliphatic carbocycles. The molecule has 0 bridgehead atoms. The van der Waals surface area contributed by atoms with E-state index in [1.807, 2.05) is 40.0 Å². The first-order valence-electron chi connectivity index (χ1n) is 8.95. The van der Waals surface area contributed by atoms with Crippen molar-refractivity contribution in [3.8, 4) is 0 Å². The molecular weight excluding hydrogens is 408 g/mol. The van der Waals surface area contributed by atoms with E-state index in [9.17, 15) is 9.59 Å². The molecule has 0 saturated carbocycles. The van der Waals surface area contributed by atoms with Crippen molar-refractivity contribution in [2.45, 2.75) is 32.0 Å². The van der Waals surface area contributed by atoms with E-state index < -0.39 is 0 Å². The summed E-state index contributed by atoms with van der Waals surface area (Å²) >= 11 is 2.71. The van der Waals surface area contributed by atoms with Crippen molar-refractivity contribution in [2.75, 3.05) is 11.1 Å². The van der Waals surface area contributed by atoms with E-state index >= 15 is 0 Å². The van der Waals surface area contributed by atoms with Gasteiger partial charge in [0.05, 0.1) is 11.8 Å². The molecule has 3 aromatic rings. The lowest BCUT2D eigenvalue weighted by atomic mass is 10.1. The van der Waals surface area contributed by atoms with Crippen LogP contribution >= 0.6 is 23.1 Å². The molecule has 0 spiro atoms. The Bertz CT molecular complexity index is 1010. The van der Waals surface area contributed by atoms with Gasteiger partial charge in [-0.15, -0.1) is 21.5 Å². The van der Waals surface area contributed by atoms with Gasteiger partial charge in [0.1, 0.15) is 0 Å². The van der Waals surface area contributed by atoms with Gasteiger partial charge in [-0.1, -0.05) is 29.5 Å². The number of anilines is 1. The fourth-order valence-corrected chi connectivity index (χ4v) is 3.98. The van der Waals surface area contributed by atoms with Gasteiger partial charge in [-0.3, -0.25) is 9.59 Å². The zero-order chi connectivity index (χ0) is 21.0. The quantitative estimate of drug-likeness (QED) is 0.559. The van der Waals surface area contributed by atoms with Crippen LogP contribution in [-0.4, -0.2) is 37.3 Å². The zero-order valence-corrected chi connectivity index (χ0v) is 18.2. The van der Waals surface area contributed by atoms with E-state index in [2.05, 4.69) is 25.8 Å². The normalized spacial score (nSPS) is 11.9. The summed E-state index contributed by atoms with van der Waals surface area (Å²) < 4.78 is 1.78. The van der Waals surface area contributed by atoms with Crippen LogP contribution in [0.4, 0.5) is 5.13 Å². The van der Waals surface area contributed by atoms with Gasteiger partial charge in [-0.25, -0.2) is 4.98 Å². The third-order valence-corrected chi connectivity index (χ3v) is 5.97. The van der Waals surface area contributed by atoms with Gasteiger partial charge in [0, 0.05) is 23.7 Å². The molecule has 2 aromatic heterocycles. The van der Waals surface area contributed by atoms with E-state index in [0.29, 0.717) is 21.7 Å². The SMILES string of the molecule is Cc1ccc(C(=O)N[C@H](C)c2nnc(SCC(=O)Nc3ncc(C)s3)n2C)cc1. The maximum absolute atomic E-state index is 12.4. The Labute approximate surface area is 177 Å². The highest BCUT2D eigenvalue weighted by Crippen LogP contribution is 2.21. The minimum Gasteiger partial charge on any atom is -0.342 e. The molecular formula is C19H22N6O2S2. The Hall–Kier alpha value is -2.72. The highest BCUT2D eigenvalue weighted by atomic mass is 32.2. The molecule has 1 aromatic carbocycles. The van der Waals surface area contributed by atoms with Crippen LogP contribution < -0.4 is 10.6 Å². The van der Waals surface area contributed by atoms with Gasteiger partial charge in [0.25, 0.3) is 5.91 Å². The molecule has 0 aliphatic heterocycles. The van der Waals surface area contributed by atoms with Crippen LogP contribution in [0.1, 0.15) is 39.6 Å². The van der Waals surface area contributed by atoms with Crippen molar-refractivity contribution in [1.82, 2.24) is 25.1 Å². The fourth-order valence-electron chi connectivity index (χ4n) is 2.58. The zero-order valence-electron chi connectivity index (χ0n) is 16.6. The van der Waals surface area contributed by atoms with Gasteiger partial charge in [-0.2, -0.15) is 0 Å². The van der Waals surface area contributed by atoms with Crippen LogP contribution in [0, 0.1) is 13.8 Å². The predicted molar refractivity (Wildman–Crippen MR) is 114 cm³/mol. The van der Waals surface area contributed by atoms with Gasteiger partial charge < -0.3 is 15.2 Å². The number of thiazole rings is 1. The topological polar surface area (TPSA) is 102 Å². The van der Waals surface area contributed by atoms with Crippen LogP contribution in [0.5, 0.6) is 0 Å². The fraction of sp³-hybridized carbons (Fsp3) is 0.316. The van der Waals surface area contributed by atoms with Crippen molar-refractivity contribution >= 4 is 40.0 Å². The molecule has 8 nitrogen and oxygen atoms in total. The molecule has 0 saturated heterocycles. The summed E-state index contributed by atoms with van der Waals surface area (Å²) in [6.07, 6.45) is 1.72. The van der Waals surface area contributed by atoms with Gasteiger partial charge in [-0.05, 0) is 32.9 Å². The van der Waals surface area contributed by atoms with Crippen molar-refractivity contribution < 1.29 is 9.59 Å². The summed E-state index contributed by atoms with van der Waals surface area (Å²) in [5, 5.41) is 15.2. The lowest BCUT2D eigenvalue weighted by molar-refractivity contribution is -0.113. The molecule has 0 fully saturated rings. The maximum atomic E-state index is 12.4. The standard InChI is InChI=1S/C19H22N6O2S2/c1-11-5-7-14(8-6-11)17(27)21-13(3)16-23-24-19(25(16)4)28-10-15(26)22-18-20-9-12(2)29-18/h5-9,13H,10H2,1-4H3,(H,21,27)(H,20,22,26)/t13-/m1/s1. The van der Waals surface area contributed by atoms with Crippen LogP contribution in [0.25, 0.3) is 0 Å². The third-order valence-electron chi connectivity index (χ3n) is 4.12. The largest absolute Gasteiger partial charge is 0.342 e. The number of aromatic nitrogens is 4. The lowest BCUT2D eigenvalue weighted by Crippen LogP contribution is -2.28. The van der Waals surface area contributed by atoms with Crippen LogP contribution in [0.2, 0.25) is 0 Å². The van der Waals surface area contributed by atoms with E-state index in [4.69, 9.17) is 0 Å². The predicted octanol–water partition coefficient (Wildman–Crippen LogP) is 3.11. The molecule has 2 amide bonds. The van der Waals surface area contributed by atoms with Crippen LogP contribution in [-0.2, 0) is 11.8 Å². The summed E-state index contributed by atoms with van der Waals surface area (Å²) in [5.41, 5.74) is 1.69. The molecule has 0 unspecified atom stereocenters. The average Bonchev–Trinajstić information content (AvgIpc) is 3.25. The number of amides is 2. The molecule has 1 atom stereocenters. The number of nitrogens with zero attached hydrogens (tertiary/aromatic N) is 4. The first-order chi connectivity index (χ1) is 13.8. The monoisotopic (exact) mass is 430 g/mol. The summed E-state index contributed by atoms with van der Waals surface area (Å²) in [6, 6.07) is 7.04. The van der Waals surface area contributed by atoms with Crippen molar-refractivity contribution in [3.63, 3.8) is 0 Å². The summed E-state index contributed by atoms with van der Waals surface area (Å²) in [4.78, 5) is 29.7. The first-order valence-corrected chi connectivity index (χ1v) is 10.8. The van der Waals surface area contributed by atoms with Gasteiger partial charge >= 0.3 is 0 Å². The van der Waals surface area contributed by atoms with Gasteiger partial charge in [0.15, 0.2) is 16.1 Å². The number of hydrogen-bond acceptors (Lipinski definition) is 7. The highest BCUT2D eigenvalue weighted by molar-refractivity contribution is 7.99. The molecule has 0 aliphatic rings.